The molecule has 0 saturated carbocycles. The van der Waals surface area contributed by atoms with Gasteiger partial charge in [-0.15, -0.1) is 0 Å². The van der Waals surface area contributed by atoms with E-state index >= 15 is 0 Å². The first-order chi connectivity index (χ1) is 17.3. The van der Waals surface area contributed by atoms with Crippen LogP contribution in [0.3, 0.4) is 0 Å². The van der Waals surface area contributed by atoms with Crippen molar-refractivity contribution in [2.75, 3.05) is 10.6 Å². The van der Waals surface area contributed by atoms with Crippen molar-refractivity contribution in [3.05, 3.63) is 121 Å². The monoisotopic (exact) mass is 548 g/mol. The first-order valence-electron chi connectivity index (χ1n) is 11.3. The highest BCUT2D eigenvalue weighted by atomic mass is 79.9. The van der Waals surface area contributed by atoms with E-state index in [-0.39, 0.29) is 24.6 Å². The minimum atomic E-state index is -0.941. The zero-order valence-electron chi connectivity index (χ0n) is 19.6. The molecule has 1 unspecified atom stereocenters. The van der Waals surface area contributed by atoms with Gasteiger partial charge in [0.1, 0.15) is 11.6 Å². The van der Waals surface area contributed by atoms with E-state index < -0.39 is 23.3 Å². The number of ether oxygens (including phenoxy) is 1. The smallest absolute Gasteiger partial charge is 0.330 e. The topological polar surface area (TPSA) is 110 Å². The van der Waals surface area contributed by atoms with Gasteiger partial charge >= 0.3 is 5.69 Å². The van der Waals surface area contributed by atoms with Crippen LogP contribution in [0.4, 0.5) is 11.5 Å². The number of hydrogen-bond donors (Lipinski definition) is 2. The number of carbonyl (C=O) groups excluding carboxylic acids is 1. The number of nitrogens with zero attached hydrogens (tertiary/aromatic N) is 2. The Morgan fingerprint density at radius 2 is 1.56 bits per heavy atom. The fraction of sp³-hybridized carbons (Fsp3) is 0.148. The Balaban J connectivity index is 1.75. The molecule has 8 nitrogen and oxygen atoms in total. The van der Waals surface area contributed by atoms with E-state index in [0.717, 1.165) is 15.6 Å². The average Bonchev–Trinajstić information content (AvgIpc) is 2.88. The van der Waals surface area contributed by atoms with E-state index in [4.69, 9.17) is 10.5 Å². The molecular formula is C27H25BrN4O4. The maximum absolute atomic E-state index is 13.7. The summed E-state index contributed by atoms with van der Waals surface area (Å²) in [6.07, 6.45) is -0.941. The lowest BCUT2D eigenvalue weighted by atomic mass is 10.2. The summed E-state index contributed by atoms with van der Waals surface area (Å²) in [5, 5.41) is 0. The summed E-state index contributed by atoms with van der Waals surface area (Å²) in [5.74, 6) is -0.0914. The third-order valence-corrected chi connectivity index (χ3v) is 6.12. The zero-order valence-corrected chi connectivity index (χ0v) is 21.1. The van der Waals surface area contributed by atoms with E-state index in [1.165, 1.54) is 9.47 Å². The van der Waals surface area contributed by atoms with Crippen molar-refractivity contribution in [2.45, 2.75) is 26.1 Å². The first-order valence-corrected chi connectivity index (χ1v) is 12.1. The van der Waals surface area contributed by atoms with E-state index in [2.05, 4.69) is 20.9 Å². The summed E-state index contributed by atoms with van der Waals surface area (Å²) in [4.78, 5) is 43.0. The number of rotatable bonds is 8. The largest absolute Gasteiger partial charge is 0.481 e. The zero-order chi connectivity index (χ0) is 25.7. The molecule has 4 aromatic rings. The predicted molar refractivity (Wildman–Crippen MR) is 143 cm³/mol. The van der Waals surface area contributed by atoms with Gasteiger partial charge in [-0.25, -0.2) is 4.79 Å². The molecule has 0 aliphatic carbocycles. The number of aromatic nitrogens is 2. The number of aromatic amines is 1. The molecule has 0 fully saturated rings. The van der Waals surface area contributed by atoms with Crippen molar-refractivity contribution in [1.82, 2.24) is 9.55 Å². The summed E-state index contributed by atoms with van der Waals surface area (Å²) in [7, 11) is 0. The number of anilines is 2. The lowest BCUT2D eigenvalue weighted by Crippen LogP contribution is -2.45. The number of benzene rings is 3. The Morgan fingerprint density at radius 3 is 2.17 bits per heavy atom. The maximum atomic E-state index is 13.7. The highest BCUT2D eigenvalue weighted by molar-refractivity contribution is 9.10. The molecule has 3 aromatic carbocycles. The number of H-pyrrole nitrogens is 1. The average molecular weight is 549 g/mol. The summed E-state index contributed by atoms with van der Waals surface area (Å²) < 4.78 is 7.99. The molecule has 1 heterocycles. The summed E-state index contributed by atoms with van der Waals surface area (Å²) in [5.41, 5.74) is 6.48. The van der Waals surface area contributed by atoms with Gasteiger partial charge in [0.25, 0.3) is 11.5 Å². The molecule has 9 heteroatoms. The second-order valence-electron chi connectivity index (χ2n) is 8.19. The van der Waals surface area contributed by atoms with Gasteiger partial charge in [0.2, 0.25) is 0 Å². The number of nitrogens with two attached hydrogens (primary N) is 1. The molecule has 0 saturated heterocycles. The Kier molecular flexibility index (Phi) is 7.70. The molecule has 0 aliphatic rings. The van der Waals surface area contributed by atoms with Crippen molar-refractivity contribution >= 4 is 33.3 Å². The molecule has 0 bridgehead atoms. The third-order valence-electron chi connectivity index (χ3n) is 5.59. The second kappa shape index (κ2) is 11.1. The predicted octanol–water partition coefficient (Wildman–Crippen LogP) is 3.93. The van der Waals surface area contributed by atoms with Crippen molar-refractivity contribution in [3.63, 3.8) is 0 Å². The lowest BCUT2D eigenvalue weighted by Gasteiger charge is -2.27. The van der Waals surface area contributed by atoms with Gasteiger partial charge in [-0.2, -0.15) is 0 Å². The quantitative estimate of drug-likeness (QED) is 0.346. The number of amides is 1. The van der Waals surface area contributed by atoms with Crippen LogP contribution in [0.1, 0.15) is 18.1 Å². The van der Waals surface area contributed by atoms with Crippen LogP contribution in [0.5, 0.6) is 5.75 Å². The van der Waals surface area contributed by atoms with Crippen LogP contribution in [0.25, 0.3) is 0 Å². The van der Waals surface area contributed by atoms with Gasteiger partial charge in [0.05, 0.1) is 13.1 Å². The molecule has 0 aliphatic heterocycles. The van der Waals surface area contributed by atoms with Gasteiger partial charge in [-0.3, -0.25) is 24.0 Å². The van der Waals surface area contributed by atoms with Gasteiger partial charge in [0.15, 0.2) is 11.8 Å². The summed E-state index contributed by atoms with van der Waals surface area (Å²) in [6, 6.07) is 25.5. The maximum Gasteiger partial charge on any atom is 0.330 e. The van der Waals surface area contributed by atoms with Crippen LogP contribution in [-0.2, 0) is 17.9 Å². The number of carbonyl (C=O) groups is 1. The van der Waals surface area contributed by atoms with Crippen molar-refractivity contribution in [1.29, 1.82) is 0 Å². The van der Waals surface area contributed by atoms with Gasteiger partial charge in [0, 0.05) is 4.47 Å². The minimum Gasteiger partial charge on any atom is -0.481 e. The molecule has 1 atom stereocenters. The van der Waals surface area contributed by atoms with Crippen LogP contribution in [0.2, 0.25) is 0 Å². The Morgan fingerprint density at radius 1 is 0.972 bits per heavy atom. The molecule has 1 amide bonds. The minimum absolute atomic E-state index is 0.0601. The molecule has 0 spiro atoms. The second-order valence-corrected chi connectivity index (χ2v) is 9.10. The van der Waals surface area contributed by atoms with Crippen molar-refractivity contribution < 1.29 is 9.53 Å². The van der Waals surface area contributed by atoms with Crippen LogP contribution >= 0.6 is 15.9 Å². The molecule has 1 aromatic heterocycles. The van der Waals surface area contributed by atoms with Gasteiger partial charge < -0.3 is 10.5 Å². The number of nitrogen functional groups attached to an aromatic ring is 1. The molecule has 36 heavy (non-hydrogen) atoms. The Hall–Kier alpha value is -4.11. The van der Waals surface area contributed by atoms with Crippen LogP contribution < -0.4 is 26.6 Å². The standard InChI is InChI=1S/C27H25BrN4O4/c1-18(36-22-14-12-21(28)13-15-22)26(34)31(16-19-8-4-2-5-9-19)23-24(29)32(27(35)30-25(23)33)17-20-10-6-3-7-11-20/h2-15,18H,16-17,29H2,1H3,(H,30,33,35). The number of hydrogen-bond acceptors (Lipinski definition) is 5. The molecular weight excluding hydrogens is 524 g/mol. The van der Waals surface area contributed by atoms with Crippen molar-refractivity contribution in [3.8, 4) is 5.75 Å². The van der Waals surface area contributed by atoms with Crippen LogP contribution in [0, 0.1) is 0 Å². The van der Waals surface area contributed by atoms with Gasteiger partial charge in [-0.05, 0) is 42.3 Å². The third kappa shape index (κ3) is 5.75. The van der Waals surface area contributed by atoms with E-state index in [1.54, 1.807) is 31.2 Å². The Bertz CT molecular complexity index is 1450. The van der Waals surface area contributed by atoms with Crippen LogP contribution in [0.15, 0.2) is 99.0 Å². The number of nitrogens with one attached hydrogen (secondary N) is 1. The lowest BCUT2D eigenvalue weighted by molar-refractivity contribution is -0.124. The van der Waals surface area contributed by atoms with E-state index in [0.29, 0.717) is 5.75 Å². The highest BCUT2D eigenvalue weighted by Crippen LogP contribution is 2.23. The fourth-order valence-electron chi connectivity index (χ4n) is 3.78. The highest BCUT2D eigenvalue weighted by Gasteiger charge is 2.29. The molecule has 0 radical (unpaired) electrons. The van der Waals surface area contributed by atoms with Gasteiger partial charge in [-0.1, -0.05) is 76.6 Å². The first kappa shape index (κ1) is 25.0. The molecule has 3 N–H and O–H groups in total. The Labute approximate surface area is 216 Å². The normalized spacial score (nSPS) is 11.6. The molecule has 184 valence electrons. The summed E-state index contributed by atoms with van der Waals surface area (Å²) in [6.45, 7) is 1.80. The van der Waals surface area contributed by atoms with E-state index in [1.807, 2.05) is 60.7 Å². The van der Waals surface area contributed by atoms with E-state index in [9.17, 15) is 14.4 Å². The molecule has 4 rings (SSSR count). The van der Waals surface area contributed by atoms with Crippen molar-refractivity contribution in [2.24, 2.45) is 0 Å². The number of halogens is 1. The fourth-order valence-corrected chi connectivity index (χ4v) is 4.05. The van der Waals surface area contributed by atoms with Crippen LogP contribution in [-0.4, -0.2) is 21.6 Å². The summed E-state index contributed by atoms with van der Waals surface area (Å²) >= 11 is 3.37. The SMILES string of the molecule is CC(Oc1ccc(Br)cc1)C(=O)N(Cc1ccccc1)c1c(N)n(Cc2ccccc2)c(=O)[nH]c1=O.